The summed E-state index contributed by atoms with van der Waals surface area (Å²) < 4.78 is 31.8. The van der Waals surface area contributed by atoms with Crippen LogP contribution < -0.4 is 4.90 Å². The minimum absolute atomic E-state index is 0.101. The van der Waals surface area contributed by atoms with Gasteiger partial charge in [0.2, 0.25) is 4.71 Å². The van der Waals surface area contributed by atoms with E-state index in [1.165, 1.54) is 4.90 Å². The van der Waals surface area contributed by atoms with Crippen LogP contribution in [0.15, 0.2) is 71.8 Å². The number of amides is 1. The largest absolute Gasteiger partial charge is 0.350 e. The van der Waals surface area contributed by atoms with Crippen molar-refractivity contribution in [1.82, 2.24) is 4.90 Å². The van der Waals surface area contributed by atoms with Crippen molar-refractivity contribution in [2.24, 2.45) is 0 Å². The first-order chi connectivity index (χ1) is 12.4. The molecule has 136 valence electrons. The van der Waals surface area contributed by atoms with Crippen molar-refractivity contribution in [1.29, 1.82) is 0 Å². The topological polar surface area (TPSA) is 77.9 Å². The van der Waals surface area contributed by atoms with Crippen LogP contribution in [0, 0.1) is 0 Å². The van der Waals surface area contributed by atoms with Crippen LogP contribution in [0.3, 0.4) is 0 Å². The zero-order valence-corrected chi connectivity index (χ0v) is 15.7. The summed E-state index contributed by atoms with van der Waals surface area (Å²) >= 11 is 0.834. The maximum atomic E-state index is 12.8. The Morgan fingerprint density at radius 2 is 1.69 bits per heavy atom. The van der Waals surface area contributed by atoms with Gasteiger partial charge in [-0.25, -0.2) is 0 Å². The van der Waals surface area contributed by atoms with Gasteiger partial charge in [0.25, 0.3) is 16.0 Å². The fourth-order valence-electron chi connectivity index (χ4n) is 2.61. The molecule has 0 saturated carbocycles. The molecule has 1 unspecified atom stereocenters. The normalized spacial score (nSPS) is 19.2. The van der Waals surface area contributed by atoms with Crippen LogP contribution in [0.4, 0.5) is 5.69 Å². The van der Waals surface area contributed by atoms with Gasteiger partial charge in [-0.15, -0.1) is 0 Å². The Morgan fingerprint density at radius 3 is 2.27 bits per heavy atom. The predicted octanol–water partition coefficient (Wildman–Crippen LogP) is 2.91. The molecular formula is C18H18N2O4S2. The van der Waals surface area contributed by atoms with Crippen LogP contribution in [-0.2, 0) is 21.5 Å². The molecular weight excluding hydrogens is 372 g/mol. The first-order valence-electron chi connectivity index (χ1n) is 7.84. The third-order valence-electron chi connectivity index (χ3n) is 3.88. The number of benzene rings is 2. The van der Waals surface area contributed by atoms with Crippen molar-refractivity contribution in [3.05, 3.63) is 77.3 Å². The fourth-order valence-corrected chi connectivity index (χ4v) is 4.85. The molecule has 6 nitrogen and oxygen atoms in total. The summed E-state index contributed by atoms with van der Waals surface area (Å²) in [5.74, 6) is -0.427. The van der Waals surface area contributed by atoms with Crippen LogP contribution in [0.2, 0.25) is 0 Å². The number of carbonyl (C=O) groups is 1. The summed E-state index contributed by atoms with van der Waals surface area (Å²) in [4.78, 5) is 15.9. The number of carbonyl (C=O) groups excluding carboxylic acids is 1. The van der Waals surface area contributed by atoms with Crippen molar-refractivity contribution in [2.45, 2.75) is 11.3 Å². The SMILES string of the molecule is CN(C=C1SC(S(=O)(=O)O)N(Cc2ccccc2)C1=O)c1ccccc1. The summed E-state index contributed by atoms with van der Waals surface area (Å²) in [6, 6.07) is 18.4. The van der Waals surface area contributed by atoms with Gasteiger partial charge in [0.15, 0.2) is 0 Å². The molecule has 1 aliphatic heterocycles. The van der Waals surface area contributed by atoms with E-state index in [0.29, 0.717) is 0 Å². The second-order valence-electron chi connectivity index (χ2n) is 5.80. The molecule has 0 spiro atoms. The van der Waals surface area contributed by atoms with Crippen molar-refractivity contribution < 1.29 is 17.8 Å². The fraction of sp³-hybridized carbons (Fsp3) is 0.167. The molecule has 0 aliphatic carbocycles. The Bertz CT molecular complexity index is 915. The maximum Gasteiger partial charge on any atom is 0.296 e. The average molecular weight is 390 g/mol. The van der Waals surface area contributed by atoms with Gasteiger partial charge in [-0.3, -0.25) is 9.35 Å². The highest BCUT2D eigenvalue weighted by atomic mass is 32.3. The number of anilines is 1. The molecule has 1 N–H and O–H groups in total. The Hall–Kier alpha value is -2.29. The van der Waals surface area contributed by atoms with Crippen LogP contribution >= 0.6 is 11.8 Å². The minimum atomic E-state index is -4.43. The van der Waals surface area contributed by atoms with Crippen LogP contribution in [0.25, 0.3) is 0 Å². The molecule has 1 amide bonds. The third-order valence-corrected chi connectivity index (χ3v) is 6.65. The smallest absolute Gasteiger partial charge is 0.296 e. The van der Waals surface area contributed by atoms with E-state index < -0.39 is 20.7 Å². The highest BCUT2D eigenvalue weighted by molar-refractivity contribution is 8.15. The van der Waals surface area contributed by atoms with Crippen molar-refractivity contribution in [3.8, 4) is 0 Å². The summed E-state index contributed by atoms with van der Waals surface area (Å²) in [6.45, 7) is 0.101. The number of nitrogens with zero attached hydrogens (tertiary/aromatic N) is 2. The lowest BCUT2D eigenvalue weighted by Gasteiger charge is -2.20. The summed E-state index contributed by atoms with van der Waals surface area (Å²) in [7, 11) is -2.65. The highest BCUT2D eigenvalue weighted by Gasteiger charge is 2.43. The predicted molar refractivity (Wildman–Crippen MR) is 103 cm³/mol. The Morgan fingerprint density at radius 1 is 1.12 bits per heavy atom. The van der Waals surface area contributed by atoms with E-state index >= 15 is 0 Å². The Balaban J connectivity index is 1.89. The molecule has 2 aromatic rings. The lowest BCUT2D eigenvalue weighted by Crippen LogP contribution is -2.36. The van der Waals surface area contributed by atoms with E-state index in [1.807, 2.05) is 48.5 Å². The first-order valence-corrected chi connectivity index (χ1v) is 10.2. The standard InChI is InChI=1S/C18H18N2O4S2/c1-19(15-10-6-3-7-11-15)13-16-17(21)20(18(25-16)26(22,23)24)12-14-8-4-2-5-9-14/h2-11,13,18H,12H2,1H3,(H,22,23,24). The molecule has 1 saturated heterocycles. The number of para-hydroxylation sites is 1. The van der Waals surface area contributed by atoms with E-state index in [-0.39, 0.29) is 11.4 Å². The van der Waals surface area contributed by atoms with E-state index in [2.05, 4.69) is 0 Å². The van der Waals surface area contributed by atoms with E-state index in [9.17, 15) is 17.8 Å². The van der Waals surface area contributed by atoms with Crippen molar-refractivity contribution in [2.75, 3.05) is 11.9 Å². The molecule has 3 rings (SSSR count). The number of hydrogen-bond acceptors (Lipinski definition) is 5. The van der Waals surface area contributed by atoms with Gasteiger partial charge < -0.3 is 9.80 Å². The quantitative estimate of drug-likeness (QED) is 0.625. The summed E-state index contributed by atoms with van der Waals surface area (Å²) in [5.41, 5.74) is 1.64. The Kier molecular flexibility index (Phi) is 5.36. The molecule has 1 fully saturated rings. The number of hydrogen-bond donors (Lipinski definition) is 1. The molecule has 8 heteroatoms. The number of thioether (sulfide) groups is 1. The molecule has 1 heterocycles. The first kappa shape index (κ1) is 18.5. The van der Waals surface area contributed by atoms with Gasteiger partial charge >= 0.3 is 0 Å². The van der Waals surface area contributed by atoms with Gasteiger partial charge in [-0.05, 0) is 17.7 Å². The molecule has 26 heavy (non-hydrogen) atoms. The Labute approximate surface area is 156 Å². The van der Waals surface area contributed by atoms with Crippen molar-refractivity contribution >= 4 is 33.5 Å². The second-order valence-corrected chi connectivity index (χ2v) is 8.70. The van der Waals surface area contributed by atoms with Gasteiger partial charge in [-0.2, -0.15) is 8.42 Å². The lowest BCUT2D eigenvalue weighted by molar-refractivity contribution is -0.125. The van der Waals surface area contributed by atoms with Crippen molar-refractivity contribution in [3.63, 3.8) is 0 Å². The monoisotopic (exact) mass is 390 g/mol. The van der Waals surface area contributed by atoms with Gasteiger partial charge in [0, 0.05) is 25.5 Å². The molecule has 0 radical (unpaired) electrons. The van der Waals surface area contributed by atoms with E-state index in [0.717, 1.165) is 23.0 Å². The second kappa shape index (κ2) is 7.53. The average Bonchev–Trinajstić information content (AvgIpc) is 2.93. The van der Waals surface area contributed by atoms with Crippen LogP contribution in [0.1, 0.15) is 5.56 Å². The van der Waals surface area contributed by atoms with Gasteiger partial charge in [-0.1, -0.05) is 60.3 Å². The van der Waals surface area contributed by atoms with E-state index in [1.54, 1.807) is 30.3 Å². The third kappa shape index (κ3) is 4.09. The molecule has 0 aromatic heterocycles. The van der Waals surface area contributed by atoms with E-state index in [4.69, 9.17) is 0 Å². The van der Waals surface area contributed by atoms with Crippen LogP contribution in [-0.4, -0.2) is 35.5 Å². The zero-order chi connectivity index (χ0) is 18.7. The minimum Gasteiger partial charge on any atom is -0.350 e. The maximum absolute atomic E-state index is 12.8. The van der Waals surface area contributed by atoms with Gasteiger partial charge in [0.05, 0.1) is 4.91 Å². The number of rotatable bonds is 5. The zero-order valence-electron chi connectivity index (χ0n) is 14.0. The molecule has 1 aliphatic rings. The summed E-state index contributed by atoms with van der Waals surface area (Å²) in [6.07, 6.45) is 1.59. The van der Waals surface area contributed by atoms with Crippen LogP contribution in [0.5, 0.6) is 0 Å². The molecule has 0 bridgehead atoms. The molecule has 1 atom stereocenters. The highest BCUT2D eigenvalue weighted by Crippen LogP contribution is 2.39. The lowest BCUT2D eigenvalue weighted by atomic mass is 10.2. The van der Waals surface area contributed by atoms with Gasteiger partial charge in [0.1, 0.15) is 0 Å². The molecule has 2 aromatic carbocycles. The summed E-state index contributed by atoms with van der Waals surface area (Å²) in [5, 5.41) is 0.